The van der Waals surface area contributed by atoms with E-state index in [1.807, 2.05) is 11.9 Å². The van der Waals surface area contributed by atoms with E-state index in [0.29, 0.717) is 12.5 Å². The predicted octanol–water partition coefficient (Wildman–Crippen LogP) is 1.85. The van der Waals surface area contributed by atoms with Gasteiger partial charge in [-0.15, -0.1) is 0 Å². The first-order chi connectivity index (χ1) is 7.77. The minimum Gasteiger partial charge on any atom is -0.449 e. The zero-order valence-electron chi connectivity index (χ0n) is 10.5. The summed E-state index contributed by atoms with van der Waals surface area (Å²) in [6.07, 6.45) is 4.07. The summed E-state index contributed by atoms with van der Waals surface area (Å²) in [5.41, 5.74) is 0. The third-order valence-electron chi connectivity index (χ3n) is 3.09. The van der Waals surface area contributed by atoms with Gasteiger partial charge in [0, 0.05) is 13.1 Å². The first-order valence-electron chi connectivity index (χ1n) is 6.34. The van der Waals surface area contributed by atoms with Crippen LogP contribution in [0.15, 0.2) is 0 Å². The van der Waals surface area contributed by atoms with Crippen LogP contribution in [0.1, 0.15) is 32.6 Å². The van der Waals surface area contributed by atoms with E-state index in [2.05, 4.69) is 12.2 Å². The van der Waals surface area contributed by atoms with Crippen molar-refractivity contribution in [2.45, 2.75) is 32.6 Å². The monoisotopic (exact) mass is 228 g/mol. The zero-order valence-corrected chi connectivity index (χ0v) is 10.5. The lowest BCUT2D eigenvalue weighted by atomic mass is 9.97. The van der Waals surface area contributed by atoms with E-state index in [4.69, 9.17) is 4.74 Å². The quantitative estimate of drug-likeness (QED) is 0.730. The third kappa shape index (κ3) is 4.39. The molecule has 0 spiro atoms. The number of hydrogen-bond acceptors (Lipinski definition) is 3. The lowest BCUT2D eigenvalue weighted by molar-refractivity contribution is 0.0868. The van der Waals surface area contributed by atoms with E-state index < -0.39 is 0 Å². The van der Waals surface area contributed by atoms with Crippen LogP contribution in [-0.4, -0.2) is 44.3 Å². The maximum atomic E-state index is 11.6. The highest BCUT2D eigenvalue weighted by Gasteiger charge is 2.22. The molecule has 16 heavy (non-hydrogen) atoms. The highest BCUT2D eigenvalue weighted by molar-refractivity contribution is 5.67. The minimum atomic E-state index is -0.128. The summed E-state index contributed by atoms with van der Waals surface area (Å²) in [7, 11) is 1.98. The SMILES string of the molecule is CCCCOC(=O)N1CCC(CNC)CC1. The first kappa shape index (κ1) is 13.3. The molecule has 0 aromatic rings. The van der Waals surface area contributed by atoms with E-state index >= 15 is 0 Å². The van der Waals surface area contributed by atoms with Gasteiger partial charge in [-0.1, -0.05) is 13.3 Å². The number of hydrogen-bond donors (Lipinski definition) is 1. The number of unbranched alkanes of at least 4 members (excludes halogenated alkanes) is 1. The van der Waals surface area contributed by atoms with Crippen LogP contribution in [-0.2, 0) is 4.74 Å². The maximum Gasteiger partial charge on any atom is 0.409 e. The normalized spacial score (nSPS) is 17.5. The molecular weight excluding hydrogens is 204 g/mol. The fourth-order valence-electron chi connectivity index (χ4n) is 2.00. The van der Waals surface area contributed by atoms with Crippen molar-refractivity contribution >= 4 is 6.09 Å². The van der Waals surface area contributed by atoms with Crippen LogP contribution < -0.4 is 5.32 Å². The molecule has 1 N–H and O–H groups in total. The molecule has 1 amide bonds. The van der Waals surface area contributed by atoms with Gasteiger partial charge in [-0.25, -0.2) is 4.79 Å². The van der Waals surface area contributed by atoms with Crippen molar-refractivity contribution < 1.29 is 9.53 Å². The topological polar surface area (TPSA) is 41.6 Å². The number of piperidine rings is 1. The van der Waals surface area contributed by atoms with Crippen LogP contribution in [0.5, 0.6) is 0 Å². The smallest absolute Gasteiger partial charge is 0.409 e. The predicted molar refractivity (Wildman–Crippen MR) is 64.5 cm³/mol. The van der Waals surface area contributed by atoms with Crippen LogP contribution in [0.4, 0.5) is 4.79 Å². The summed E-state index contributed by atoms with van der Waals surface area (Å²) in [5, 5.41) is 3.19. The van der Waals surface area contributed by atoms with E-state index in [0.717, 1.165) is 45.3 Å². The lowest BCUT2D eigenvalue weighted by Crippen LogP contribution is -2.40. The molecule has 1 fully saturated rings. The number of nitrogens with zero attached hydrogens (tertiary/aromatic N) is 1. The Bertz CT molecular complexity index is 201. The number of carbonyl (C=O) groups is 1. The Balaban J connectivity index is 2.17. The van der Waals surface area contributed by atoms with Crippen LogP contribution in [0, 0.1) is 5.92 Å². The Morgan fingerprint density at radius 2 is 2.12 bits per heavy atom. The van der Waals surface area contributed by atoms with Gasteiger partial charge in [0.2, 0.25) is 0 Å². The third-order valence-corrected chi connectivity index (χ3v) is 3.09. The van der Waals surface area contributed by atoms with Crippen molar-refractivity contribution in [1.82, 2.24) is 10.2 Å². The van der Waals surface area contributed by atoms with Crippen molar-refractivity contribution in [2.24, 2.45) is 5.92 Å². The molecule has 1 heterocycles. The molecule has 1 aliphatic rings. The van der Waals surface area contributed by atoms with E-state index in [-0.39, 0.29) is 6.09 Å². The molecule has 0 unspecified atom stereocenters. The van der Waals surface area contributed by atoms with Gasteiger partial charge in [0.15, 0.2) is 0 Å². The van der Waals surface area contributed by atoms with Gasteiger partial charge in [0.25, 0.3) is 0 Å². The Morgan fingerprint density at radius 1 is 1.44 bits per heavy atom. The van der Waals surface area contributed by atoms with Gasteiger partial charge in [-0.05, 0) is 38.8 Å². The first-order valence-corrected chi connectivity index (χ1v) is 6.34. The van der Waals surface area contributed by atoms with Crippen molar-refractivity contribution in [2.75, 3.05) is 33.3 Å². The van der Waals surface area contributed by atoms with Crippen molar-refractivity contribution in [1.29, 1.82) is 0 Å². The molecule has 1 saturated heterocycles. The summed E-state index contributed by atoms with van der Waals surface area (Å²) >= 11 is 0. The molecule has 4 heteroatoms. The molecule has 94 valence electrons. The number of ether oxygens (including phenoxy) is 1. The van der Waals surface area contributed by atoms with Gasteiger partial charge >= 0.3 is 6.09 Å². The summed E-state index contributed by atoms with van der Waals surface area (Å²) in [6, 6.07) is 0. The van der Waals surface area contributed by atoms with Gasteiger partial charge in [0.1, 0.15) is 0 Å². The molecule has 0 aromatic heterocycles. The average Bonchev–Trinajstić information content (AvgIpc) is 2.30. The van der Waals surface area contributed by atoms with Gasteiger partial charge in [0.05, 0.1) is 6.61 Å². The second-order valence-electron chi connectivity index (χ2n) is 4.46. The number of likely N-dealkylation sites (tertiary alicyclic amines) is 1. The average molecular weight is 228 g/mol. The second-order valence-corrected chi connectivity index (χ2v) is 4.46. The van der Waals surface area contributed by atoms with Crippen LogP contribution in [0.3, 0.4) is 0 Å². The Hall–Kier alpha value is -0.770. The van der Waals surface area contributed by atoms with Gasteiger partial charge in [-0.3, -0.25) is 0 Å². The standard InChI is InChI=1S/C12H24N2O2/c1-3-4-9-16-12(15)14-7-5-11(6-8-14)10-13-2/h11,13H,3-10H2,1-2H3. The largest absolute Gasteiger partial charge is 0.449 e. The Kier molecular flexibility index (Phi) is 6.23. The number of nitrogens with one attached hydrogen (secondary N) is 1. The summed E-state index contributed by atoms with van der Waals surface area (Å²) in [6.45, 7) is 5.40. The Labute approximate surface area is 98.3 Å². The van der Waals surface area contributed by atoms with Crippen molar-refractivity contribution in [3.63, 3.8) is 0 Å². The summed E-state index contributed by atoms with van der Waals surface area (Å²) < 4.78 is 5.19. The minimum absolute atomic E-state index is 0.128. The van der Waals surface area contributed by atoms with E-state index in [9.17, 15) is 4.79 Å². The summed E-state index contributed by atoms with van der Waals surface area (Å²) in [5.74, 6) is 0.713. The van der Waals surface area contributed by atoms with Crippen LogP contribution >= 0.6 is 0 Å². The lowest BCUT2D eigenvalue weighted by Gasteiger charge is -2.31. The number of carbonyl (C=O) groups excluding carboxylic acids is 1. The highest BCUT2D eigenvalue weighted by Crippen LogP contribution is 2.16. The van der Waals surface area contributed by atoms with E-state index in [1.165, 1.54) is 0 Å². The number of amides is 1. The highest BCUT2D eigenvalue weighted by atomic mass is 16.6. The molecule has 0 bridgehead atoms. The van der Waals surface area contributed by atoms with Crippen LogP contribution in [0.2, 0.25) is 0 Å². The molecule has 0 saturated carbocycles. The zero-order chi connectivity index (χ0) is 11.8. The summed E-state index contributed by atoms with van der Waals surface area (Å²) in [4.78, 5) is 13.5. The maximum absolute atomic E-state index is 11.6. The second kappa shape index (κ2) is 7.49. The molecule has 0 aliphatic carbocycles. The molecule has 0 radical (unpaired) electrons. The van der Waals surface area contributed by atoms with Gasteiger partial charge in [-0.2, -0.15) is 0 Å². The molecule has 1 aliphatic heterocycles. The molecule has 4 nitrogen and oxygen atoms in total. The molecule has 0 aromatic carbocycles. The molecular formula is C12H24N2O2. The molecule has 0 atom stereocenters. The van der Waals surface area contributed by atoms with E-state index in [1.54, 1.807) is 0 Å². The fourth-order valence-corrected chi connectivity index (χ4v) is 2.00. The number of rotatable bonds is 5. The fraction of sp³-hybridized carbons (Fsp3) is 0.917. The van der Waals surface area contributed by atoms with Crippen molar-refractivity contribution in [3.8, 4) is 0 Å². The molecule has 1 rings (SSSR count). The Morgan fingerprint density at radius 3 is 2.69 bits per heavy atom. The van der Waals surface area contributed by atoms with Gasteiger partial charge < -0.3 is 15.0 Å². The van der Waals surface area contributed by atoms with Crippen LogP contribution in [0.25, 0.3) is 0 Å². The van der Waals surface area contributed by atoms with Crippen molar-refractivity contribution in [3.05, 3.63) is 0 Å².